The SMILES string of the molecule is O=C1C[C@@H](c2ccco2)CC2=C1[C@H](c1ccccn1)n1ncnc1N2. The summed E-state index contributed by atoms with van der Waals surface area (Å²) in [5.74, 6) is 1.59. The molecule has 5 rings (SSSR count). The molecule has 124 valence electrons. The molecular weight excluding hydrogens is 318 g/mol. The van der Waals surface area contributed by atoms with Crippen LogP contribution in [0.3, 0.4) is 0 Å². The fraction of sp³-hybridized carbons (Fsp3) is 0.222. The molecule has 0 unspecified atom stereocenters. The number of nitrogens with zero attached hydrogens (tertiary/aromatic N) is 4. The number of furan rings is 1. The van der Waals surface area contributed by atoms with E-state index < -0.39 is 0 Å². The van der Waals surface area contributed by atoms with Crippen LogP contribution in [0.15, 0.2) is 64.8 Å². The van der Waals surface area contributed by atoms with Gasteiger partial charge < -0.3 is 9.73 Å². The van der Waals surface area contributed by atoms with E-state index in [0.29, 0.717) is 18.8 Å². The molecule has 0 aromatic carbocycles. The maximum atomic E-state index is 13.0. The largest absolute Gasteiger partial charge is 0.469 e. The maximum absolute atomic E-state index is 13.0. The van der Waals surface area contributed by atoms with Crippen LogP contribution < -0.4 is 5.32 Å². The zero-order valence-electron chi connectivity index (χ0n) is 13.3. The number of aromatic nitrogens is 4. The Labute approximate surface area is 143 Å². The molecule has 1 N–H and O–H groups in total. The summed E-state index contributed by atoms with van der Waals surface area (Å²) in [6.45, 7) is 0. The number of allylic oxidation sites excluding steroid dienone is 2. The average molecular weight is 333 g/mol. The molecule has 3 aromatic rings. The molecule has 3 aromatic heterocycles. The van der Waals surface area contributed by atoms with Crippen LogP contribution in [0.1, 0.15) is 36.3 Å². The van der Waals surface area contributed by atoms with Gasteiger partial charge in [-0.05, 0) is 30.7 Å². The van der Waals surface area contributed by atoms with Crippen LogP contribution in [0.25, 0.3) is 0 Å². The molecule has 7 nitrogen and oxygen atoms in total. The van der Waals surface area contributed by atoms with Crippen molar-refractivity contribution in [2.24, 2.45) is 0 Å². The van der Waals surface area contributed by atoms with Crippen molar-refractivity contribution in [1.82, 2.24) is 19.7 Å². The molecule has 2 atom stereocenters. The summed E-state index contributed by atoms with van der Waals surface area (Å²) in [5.41, 5.74) is 2.39. The molecule has 0 amide bonds. The van der Waals surface area contributed by atoms with Crippen molar-refractivity contribution in [3.05, 3.63) is 71.8 Å². The number of nitrogens with one attached hydrogen (secondary N) is 1. The van der Waals surface area contributed by atoms with E-state index in [9.17, 15) is 4.79 Å². The Hall–Kier alpha value is -3.22. The summed E-state index contributed by atoms with van der Waals surface area (Å²) < 4.78 is 7.25. The van der Waals surface area contributed by atoms with Crippen molar-refractivity contribution < 1.29 is 9.21 Å². The number of carbonyl (C=O) groups is 1. The van der Waals surface area contributed by atoms with Gasteiger partial charge in [-0.2, -0.15) is 10.1 Å². The van der Waals surface area contributed by atoms with Gasteiger partial charge in [0.2, 0.25) is 5.95 Å². The summed E-state index contributed by atoms with van der Waals surface area (Å²) in [7, 11) is 0. The van der Waals surface area contributed by atoms with Crippen LogP contribution in [0, 0.1) is 0 Å². The summed E-state index contributed by atoms with van der Waals surface area (Å²) in [4.78, 5) is 21.8. The van der Waals surface area contributed by atoms with Crippen LogP contribution >= 0.6 is 0 Å². The number of carbonyl (C=O) groups excluding carboxylic acids is 1. The first kappa shape index (κ1) is 14.2. The van der Waals surface area contributed by atoms with E-state index in [0.717, 1.165) is 22.7 Å². The molecule has 2 aliphatic rings. The van der Waals surface area contributed by atoms with Crippen LogP contribution in [0.5, 0.6) is 0 Å². The number of Topliss-reactive ketones (excluding diaryl/α,β-unsaturated/α-hetero) is 1. The zero-order valence-corrected chi connectivity index (χ0v) is 13.3. The highest BCUT2D eigenvalue weighted by molar-refractivity contribution is 6.00. The smallest absolute Gasteiger partial charge is 0.226 e. The second-order valence-corrected chi connectivity index (χ2v) is 6.25. The Morgan fingerprint density at radius 2 is 2.12 bits per heavy atom. The fourth-order valence-corrected chi connectivity index (χ4v) is 3.69. The highest BCUT2D eigenvalue weighted by atomic mass is 16.3. The number of fused-ring (bicyclic) bond motifs is 1. The summed E-state index contributed by atoms with van der Waals surface area (Å²) in [6.07, 6.45) is 5.98. The minimum atomic E-state index is -0.347. The molecule has 0 fully saturated rings. The normalized spacial score (nSPS) is 22.3. The molecule has 0 saturated heterocycles. The molecule has 0 radical (unpaired) electrons. The van der Waals surface area contributed by atoms with E-state index in [2.05, 4.69) is 20.4 Å². The zero-order chi connectivity index (χ0) is 16.8. The van der Waals surface area contributed by atoms with Crippen LogP contribution in [-0.4, -0.2) is 25.5 Å². The average Bonchev–Trinajstić information content (AvgIpc) is 3.32. The number of ketones is 1. The topological polar surface area (TPSA) is 85.8 Å². The highest BCUT2D eigenvalue weighted by Crippen LogP contribution is 2.43. The number of pyridine rings is 1. The predicted octanol–water partition coefficient (Wildman–Crippen LogP) is 2.68. The summed E-state index contributed by atoms with van der Waals surface area (Å²) >= 11 is 0. The van der Waals surface area contributed by atoms with E-state index >= 15 is 0 Å². The first-order chi connectivity index (χ1) is 12.3. The molecular formula is C18H15N5O2. The summed E-state index contributed by atoms with van der Waals surface area (Å²) in [5, 5.41) is 7.59. The van der Waals surface area contributed by atoms with Gasteiger partial charge in [0.05, 0.1) is 12.0 Å². The monoisotopic (exact) mass is 333 g/mol. The predicted molar refractivity (Wildman–Crippen MR) is 88.7 cm³/mol. The van der Waals surface area contributed by atoms with Crippen molar-refractivity contribution in [2.45, 2.75) is 24.8 Å². The first-order valence-corrected chi connectivity index (χ1v) is 8.18. The first-order valence-electron chi connectivity index (χ1n) is 8.18. The van der Waals surface area contributed by atoms with Gasteiger partial charge >= 0.3 is 0 Å². The lowest BCUT2D eigenvalue weighted by atomic mass is 9.80. The van der Waals surface area contributed by atoms with Gasteiger partial charge in [0.15, 0.2) is 5.78 Å². The van der Waals surface area contributed by atoms with Crippen LogP contribution in [0.2, 0.25) is 0 Å². The number of rotatable bonds is 2. The second-order valence-electron chi connectivity index (χ2n) is 6.25. The van der Waals surface area contributed by atoms with Gasteiger partial charge in [-0.15, -0.1) is 0 Å². The number of hydrogen-bond acceptors (Lipinski definition) is 6. The minimum Gasteiger partial charge on any atom is -0.469 e. The van der Waals surface area contributed by atoms with Gasteiger partial charge in [0, 0.05) is 29.8 Å². The minimum absolute atomic E-state index is 0.0348. The molecule has 4 heterocycles. The van der Waals surface area contributed by atoms with Crippen molar-refractivity contribution in [3.8, 4) is 0 Å². The molecule has 0 saturated carbocycles. The third-order valence-electron chi connectivity index (χ3n) is 4.78. The Morgan fingerprint density at radius 1 is 1.16 bits per heavy atom. The molecule has 1 aliphatic heterocycles. The molecule has 0 spiro atoms. The van der Waals surface area contributed by atoms with Gasteiger partial charge in [0.25, 0.3) is 0 Å². The van der Waals surface area contributed by atoms with Crippen LogP contribution in [-0.2, 0) is 4.79 Å². The third kappa shape index (κ3) is 2.20. The Kier molecular flexibility index (Phi) is 3.06. The maximum Gasteiger partial charge on any atom is 0.226 e. The Morgan fingerprint density at radius 3 is 2.92 bits per heavy atom. The van der Waals surface area contributed by atoms with Crippen molar-refractivity contribution in [3.63, 3.8) is 0 Å². The summed E-state index contributed by atoms with van der Waals surface area (Å²) in [6, 6.07) is 9.12. The van der Waals surface area contributed by atoms with Crippen LogP contribution in [0.4, 0.5) is 5.95 Å². The van der Waals surface area contributed by atoms with Crippen molar-refractivity contribution in [1.29, 1.82) is 0 Å². The van der Waals surface area contributed by atoms with E-state index in [-0.39, 0.29) is 17.7 Å². The van der Waals surface area contributed by atoms with Crippen molar-refractivity contribution in [2.75, 3.05) is 5.32 Å². The fourth-order valence-electron chi connectivity index (χ4n) is 3.69. The molecule has 0 bridgehead atoms. The van der Waals surface area contributed by atoms with E-state index in [1.54, 1.807) is 17.1 Å². The van der Waals surface area contributed by atoms with Gasteiger partial charge in [-0.1, -0.05) is 6.07 Å². The van der Waals surface area contributed by atoms with Crippen molar-refractivity contribution >= 4 is 11.7 Å². The Bertz CT molecular complexity index is 959. The van der Waals surface area contributed by atoms with Gasteiger partial charge in [-0.25, -0.2) is 4.68 Å². The number of hydrogen-bond donors (Lipinski definition) is 1. The van der Waals surface area contributed by atoms with E-state index in [4.69, 9.17) is 4.42 Å². The highest BCUT2D eigenvalue weighted by Gasteiger charge is 2.40. The lowest BCUT2D eigenvalue weighted by Crippen LogP contribution is -2.33. The third-order valence-corrected chi connectivity index (χ3v) is 4.78. The number of anilines is 1. The second kappa shape index (κ2) is 5.41. The Balaban J connectivity index is 1.63. The molecule has 25 heavy (non-hydrogen) atoms. The van der Waals surface area contributed by atoms with E-state index in [1.807, 2.05) is 30.3 Å². The lowest BCUT2D eigenvalue weighted by Gasteiger charge is -2.34. The van der Waals surface area contributed by atoms with Gasteiger partial charge in [0.1, 0.15) is 18.1 Å². The van der Waals surface area contributed by atoms with Gasteiger partial charge in [-0.3, -0.25) is 9.78 Å². The lowest BCUT2D eigenvalue weighted by molar-refractivity contribution is -0.117. The molecule has 1 aliphatic carbocycles. The molecule has 7 heteroatoms. The van der Waals surface area contributed by atoms with E-state index in [1.165, 1.54) is 6.33 Å². The quantitative estimate of drug-likeness (QED) is 0.776. The standard InChI is InChI=1S/C18H15N5O2/c24-14-9-11(15-5-3-7-25-15)8-13-16(14)17(12-4-1-2-6-19-12)23-18(22-13)20-10-21-23/h1-7,10-11,17H,8-9H2,(H,20,21,22)/t11-,17-/m0/s1.